The first-order valence-corrected chi connectivity index (χ1v) is 8.01. The first-order valence-electron chi connectivity index (χ1n) is 6.43. The molecule has 4 nitrogen and oxygen atoms in total. The van der Waals surface area contributed by atoms with Gasteiger partial charge in [-0.1, -0.05) is 23.2 Å². The molecular weight excluding hydrogens is 343 g/mol. The molecule has 0 fully saturated rings. The smallest absolute Gasteiger partial charge is 0.277 e. The molecule has 0 aliphatic heterocycles. The predicted octanol–water partition coefficient (Wildman–Crippen LogP) is 4.28. The van der Waals surface area contributed by atoms with Crippen molar-refractivity contribution in [1.82, 2.24) is 5.43 Å². The van der Waals surface area contributed by atoms with E-state index < -0.39 is 0 Å². The van der Waals surface area contributed by atoms with E-state index in [9.17, 15) is 4.79 Å². The van der Waals surface area contributed by atoms with Crippen molar-refractivity contribution in [3.8, 4) is 5.75 Å². The number of nitrogens with one attached hydrogen (secondary N) is 1. The highest BCUT2D eigenvalue weighted by Crippen LogP contribution is 2.22. The first-order chi connectivity index (χ1) is 10.5. The van der Waals surface area contributed by atoms with Crippen LogP contribution >= 0.6 is 34.5 Å². The van der Waals surface area contributed by atoms with Gasteiger partial charge in [0.1, 0.15) is 5.75 Å². The van der Waals surface area contributed by atoms with Gasteiger partial charge >= 0.3 is 0 Å². The van der Waals surface area contributed by atoms with Gasteiger partial charge in [0.05, 0.1) is 14.9 Å². The number of hydrazone groups is 1. The summed E-state index contributed by atoms with van der Waals surface area (Å²) in [5.74, 6) is 0.279. The van der Waals surface area contributed by atoms with Crippen molar-refractivity contribution >= 4 is 46.2 Å². The van der Waals surface area contributed by atoms with Crippen molar-refractivity contribution in [2.24, 2.45) is 5.10 Å². The minimum absolute atomic E-state index is 0.121. The number of hydrogen-bond donors (Lipinski definition) is 1. The van der Waals surface area contributed by atoms with Crippen LogP contribution in [0.2, 0.25) is 9.36 Å². The third kappa shape index (κ3) is 4.73. The fourth-order valence-electron chi connectivity index (χ4n) is 1.66. The Morgan fingerprint density at radius 1 is 1.32 bits per heavy atom. The van der Waals surface area contributed by atoms with Gasteiger partial charge in [0.15, 0.2) is 6.61 Å². The minimum Gasteiger partial charge on any atom is -0.483 e. The van der Waals surface area contributed by atoms with Crippen molar-refractivity contribution in [1.29, 1.82) is 0 Å². The Morgan fingerprint density at radius 3 is 2.73 bits per heavy atom. The van der Waals surface area contributed by atoms with Crippen molar-refractivity contribution < 1.29 is 9.53 Å². The molecule has 2 rings (SSSR count). The van der Waals surface area contributed by atoms with E-state index in [-0.39, 0.29) is 12.5 Å². The first kappa shape index (κ1) is 16.8. The van der Waals surface area contributed by atoms with Crippen molar-refractivity contribution in [2.45, 2.75) is 13.8 Å². The second-order valence-electron chi connectivity index (χ2n) is 4.53. The lowest BCUT2D eigenvalue weighted by molar-refractivity contribution is -0.123. The standard InChI is InChI=1S/C15H14Cl2N2O2S/c1-9-7-11(16)3-4-12(9)21-8-15(20)19-18-10(2)13-5-6-14(17)22-13/h3-7H,8H2,1-2H3,(H,19,20)/b18-10+. The summed E-state index contributed by atoms with van der Waals surface area (Å²) >= 11 is 13.1. The molecule has 0 unspecified atom stereocenters. The third-order valence-electron chi connectivity index (χ3n) is 2.77. The molecule has 0 aliphatic carbocycles. The number of thiophene rings is 1. The fourth-order valence-corrected chi connectivity index (χ4v) is 2.87. The van der Waals surface area contributed by atoms with Crippen LogP contribution in [0.4, 0.5) is 0 Å². The fraction of sp³-hybridized carbons (Fsp3) is 0.200. The van der Waals surface area contributed by atoms with E-state index in [1.165, 1.54) is 11.3 Å². The van der Waals surface area contributed by atoms with E-state index >= 15 is 0 Å². The second-order valence-corrected chi connectivity index (χ2v) is 6.69. The van der Waals surface area contributed by atoms with Crippen LogP contribution in [-0.2, 0) is 4.79 Å². The number of carbonyl (C=O) groups excluding carboxylic acids is 1. The van der Waals surface area contributed by atoms with Crippen LogP contribution in [0.3, 0.4) is 0 Å². The lowest BCUT2D eigenvalue weighted by atomic mass is 10.2. The van der Waals surface area contributed by atoms with E-state index in [1.54, 1.807) is 31.2 Å². The average Bonchev–Trinajstić information content (AvgIpc) is 2.90. The van der Waals surface area contributed by atoms with Crippen LogP contribution in [0.15, 0.2) is 35.4 Å². The Kier molecular flexibility index (Phi) is 5.83. The number of ether oxygens (including phenoxy) is 1. The zero-order valence-corrected chi connectivity index (χ0v) is 14.4. The maximum absolute atomic E-state index is 11.7. The summed E-state index contributed by atoms with van der Waals surface area (Å²) in [7, 11) is 0. The molecule has 1 amide bonds. The molecule has 2 aromatic rings. The van der Waals surface area contributed by atoms with Crippen LogP contribution in [0.25, 0.3) is 0 Å². The number of amides is 1. The minimum atomic E-state index is -0.337. The molecule has 0 spiro atoms. The summed E-state index contributed by atoms with van der Waals surface area (Å²) in [6.07, 6.45) is 0. The molecule has 1 N–H and O–H groups in total. The normalized spacial score (nSPS) is 11.4. The molecule has 0 bridgehead atoms. The molecule has 7 heteroatoms. The Labute approximate surface area is 142 Å². The summed E-state index contributed by atoms with van der Waals surface area (Å²) in [6.45, 7) is 3.54. The van der Waals surface area contributed by atoms with Crippen LogP contribution in [0, 0.1) is 6.92 Å². The number of aryl methyl sites for hydroxylation is 1. The summed E-state index contributed by atoms with van der Waals surface area (Å²) in [6, 6.07) is 8.86. The number of rotatable bonds is 5. The maximum Gasteiger partial charge on any atom is 0.277 e. The molecule has 0 saturated carbocycles. The highest BCUT2D eigenvalue weighted by molar-refractivity contribution is 7.18. The quantitative estimate of drug-likeness (QED) is 0.641. The molecular formula is C15H14Cl2N2O2S. The van der Waals surface area contributed by atoms with E-state index in [2.05, 4.69) is 10.5 Å². The zero-order chi connectivity index (χ0) is 16.1. The van der Waals surface area contributed by atoms with Gasteiger partial charge < -0.3 is 4.74 Å². The van der Waals surface area contributed by atoms with E-state index in [0.717, 1.165) is 10.4 Å². The van der Waals surface area contributed by atoms with Crippen LogP contribution < -0.4 is 10.2 Å². The number of hydrogen-bond acceptors (Lipinski definition) is 4. The summed E-state index contributed by atoms with van der Waals surface area (Å²) in [5, 5.41) is 4.65. The lowest BCUT2D eigenvalue weighted by Crippen LogP contribution is -2.25. The number of halogens is 2. The lowest BCUT2D eigenvalue weighted by Gasteiger charge is -2.08. The third-order valence-corrected chi connectivity index (χ3v) is 4.35. The Balaban J connectivity index is 1.88. The molecule has 22 heavy (non-hydrogen) atoms. The van der Waals surface area contributed by atoms with Gasteiger partial charge in [0.2, 0.25) is 0 Å². The van der Waals surface area contributed by atoms with Gasteiger partial charge in [-0.2, -0.15) is 5.10 Å². The van der Waals surface area contributed by atoms with E-state index in [4.69, 9.17) is 27.9 Å². The Morgan fingerprint density at radius 2 is 2.09 bits per heavy atom. The molecule has 1 heterocycles. The summed E-state index contributed by atoms with van der Waals surface area (Å²) in [4.78, 5) is 12.6. The van der Waals surface area contributed by atoms with Crippen molar-refractivity contribution in [3.63, 3.8) is 0 Å². The monoisotopic (exact) mass is 356 g/mol. The van der Waals surface area contributed by atoms with Gasteiger partial charge in [0, 0.05) is 5.02 Å². The highest BCUT2D eigenvalue weighted by Gasteiger charge is 2.06. The molecule has 0 aliphatic rings. The SMILES string of the molecule is C/C(=N\NC(=O)COc1ccc(Cl)cc1C)c1ccc(Cl)s1. The van der Waals surface area contributed by atoms with E-state index in [1.807, 2.05) is 13.0 Å². The Bertz CT molecular complexity index is 713. The average molecular weight is 357 g/mol. The maximum atomic E-state index is 11.7. The topological polar surface area (TPSA) is 50.7 Å². The van der Waals surface area contributed by atoms with Gasteiger partial charge in [-0.25, -0.2) is 5.43 Å². The van der Waals surface area contributed by atoms with Gasteiger partial charge in [-0.3, -0.25) is 4.79 Å². The van der Waals surface area contributed by atoms with Gasteiger partial charge in [-0.05, 0) is 49.7 Å². The predicted molar refractivity (Wildman–Crippen MR) is 91.4 cm³/mol. The van der Waals surface area contributed by atoms with Gasteiger partial charge in [-0.15, -0.1) is 11.3 Å². The molecule has 0 radical (unpaired) electrons. The van der Waals surface area contributed by atoms with Crippen LogP contribution in [0.1, 0.15) is 17.4 Å². The highest BCUT2D eigenvalue weighted by atomic mass is 35.5. The molecule has 0 saturated heterocycles. The largest absolute Gasteiger partial charge is 0.483 e. The van der Waals surface area contributed by atoms with Crippen LogP contribution in [-0.4, -0.2) is 18.2 Å². The summed E-state index contributed by atoms with van der Waals surface area (Å²) in [5.41, 5.74) is 4.01. The van der Waals surface area contributed by atoms with E-state index in [0.29, 0.717) is 20.8 Å². The molecule has 116 valence electrons. The molecule has 1 aromatic carbocycles. The molecule has 0 atom stereocenters. The number of nitrogens with zero attached hydrogens (tertiary/aromatic N) is 1. The number of carbonyl (C=O) groups is 1. The zero-order valence-electron chi connectivity index (χ0n) is 12.0. The molecule has 1 aromatic heterocycles. The van der Waals surface area contributed by atoms with Crippen molar-refractivity contribution in [2.75, 3.05) is 6.61 Å². The van der Waals surface area contributed by atoms with Crippen LogP contribution in [0.5, 0.6) is 5.75 Å². The van der Waals surface area contributed by atoms with Crippen molar-refractivity contribution in [3.05, 3.63) is 50.1 Å². The van der Waals surface area contributed by atoms with Gasteiger partial charge in [0.25, 0.3) is 5.91 Å². The Hall–Kier alpha value is -1.56. The summed E-state index contributed by atoms with van der Waals surface area (Å²) < 4.78 is 6.12. The number of benzene rings is 1. The second kappa shape index (κ2) is 7.63.